The van der Waals surface area contributed by atoms with Crippen molar-refractivity contribution in [3.63, 3.8) is 0 Å². The Morgan fingerprint density at radius 3 is 2.21 bits per heavy atom. The molecule has 1 amide bonds. The maximum absolute atomic E-state index is 13.5. The molecule has 15 heteroatoms. The van der Waals surface area contributed by atoms with Gasteiger partial charge in [-0.3, -0.25) is 19.1 Å². The van der Waals surface area contributed by atoms with E-state index in [4.69, 9.17) is 11.5 Å². The van der Waals surface area contributed by atoms with Crippen molar-refractivity contribution in [1.82, 2.24) is 14.6 Å². The van der Waals surface area contributed by atoms with Crippen LogP contribution in [0, 0.1) is 0 Å². The molecule has 15 nitrogen and oxygen atoms in total. The number of rotatable bonds is 16. The summed E-state index contributed by atoms with van der Waals surface area (Å²) in [5.41, 5.74) is 14.1. The predicted molar refractivity (Wildman–Crippen MR) is 156 cm³/mol. The van der Waals surface area contributed by atoms with E-state index in [1.807, 2.05) is 6.07 Å². The van der Waals surface area contributed by atoms with E-state index in [1.165, 1.54) is 28.8 Å². The smallest absolute Gasteiger partial charge is 0.350 e. The van der Waals surface area contributed by atoms with Gasteiger partial charge in [0, 0.05) is 19.4 Å². The standard InChI is InChI=1S/C28H35N7O8/c29-27(30)31-14-4-7-22-25(40)35(28(43)34(22)16-18-5-2-1-3-6-18)33-20(12-13-23(37)38)24(39)32-21(26(41)42)15-17-8-10-19(36)11-9-17/h1-3,5-6,8-11,20-21,33,36,40H,4,7,12-16H2,(H,32,39)(H,37,38)(H,41,42)(H4,29,30,31)/t20-,21+/m1/s1. The van der Waals surface area contributed by atoms with Crippen LogP contribution >= 0.6 is 0 Å². The molecule has 0 aliphatic carbocycles. The summed E-state index contributed by atoms with van der Waals surface area (Å²) in [7, 11) is 0. The number of nitrogens with zero attached hydrogens (tertiary/aromatic N) is 3. The van der Waals surface area contributed by atoms with E-state index in [9.17, 15) is 39.6 Å². The number of imidazole rings is 1. The van der Waals surface area contributed by atoms with Gasteiger partial charge in [0.15, 0.2) is 5.96 Å². The van der Waals surface area contributed by atoms with Crippen molar-refractivity contribution in [2.45, 2.75) is 50.7 Å². The normalized spacial score (nSPS) is 12.2. The molecular formula is C28H35N7O8. The number of nitrogens with two attached hydrogens (primary N) is 2. The number of nitrogens with one attached hydrogen (secondary N) is 2. The number of guanidine groups is 1. The quantitative estimate of drug-likeness (QED) is 0.0615. The largest absolute Gasteiger partial charge is 0.508 e. The summed E-state index contributed by atoms with van der Waals surface area (Å²) in [5, 5.41) is 42.0. The first-order valence-corrected chi connectivity index (χ1v) is 13.4. The lowest BCUT2D eigenvalue weighted by Crippen LogP contribution is -2.51. The zero-order chi connectivity index (χ0) is 31.5. The van der Waals surface area contributed by atoms with Crippen LogP contribution in [-0.2, 0) is 33.8 Å². The highest BCUT2D eigenvalue weighted by molar-refractivity contribution is 5.88. The molecule has 1 heterocycles. The van der Waals surface area contributed by atoms with Crippen LogP contribution in [0.15, 0.2) is 64.4 Å². The molecule has 1 aromatic heterocycles. The van der Waals surface area contributed by atoms with Gasteiger partial charge in [0.25, 0.3) is 0 Å². The Labute approximate surface area is 246 Å². The van der Waals surface area contributed by atoms with Crippen molar-refractivity contribution in [1.29, 1.82) is 0 Å². The summed E-state index contributed by atoms with van der Waals surface area (Å²) in [4.78, 5) is 54.0. The summed E-state index contributed by atoms with van der Waals surface area (Å²) >= 11 is 0. The first-order valence-electron chi connectivity index (χ1n) is 13.4. The van der Waals surface area contributed by atoms with Gasteiger partial charge in [0.2, 0.25) is 11.8 Å². The second-order valence-electron chi connectivity index (χ2n) is 9.75. The Morgan fingerprint density at radius 1 is 0.930 bits per heavy atom. The molecule has 43 heavy (non-hydrogen) atoms. The average molecular weight is 598 g/mol. The fourth-order valence-corrected chi connectivity index (χ4v) is 4.34. The molecule has 0 bridgehead atoms. The van der Waals surface area contributed by atoms with Crippen LogP contribution < -0.4 is 27.9 Å². The van der Waals surface area contributed by atoms with Gasteiger partial charge in [-0.25, -0.2) is 9.59 Å². The number of amides is 1. The lowest BCUT2D eigenvalue weighted by atomic mass is 10.0. The molecule has 0 saturated carbocycles. The third kappa shape index (κ3) is 9.27. The number of aliphatic imine (C=N–C) groups is 1. The molecule has 0 aliphatic heterocycles. The molecule has 0 unspecified atom stereocenters. The van der Waals surface area contributed by atoms with Crippen LogP contribution in [0.5, 0.6) is 11.6 Å². The van der Waals surface area contributed by atoms with Crippen molar-refractivity contribution in [2.24, 2.45) is 16.5 Å². The molecule has 10 N–H and O–H groups in total. The summed E-state index contributed by atoms with van der Waals surface area (Å²) in [6.07, 6.45) is -0.413. The van der Waals surface area contributed by atoms with Crippen molar-refractivity contribution >= 4 is 23.8 Å². The Morgan fingerprint density at radius 2 is 1.60 bits per heavy atom. The van der Waals surface area contributed by atoms with E-state index in [0.29, 0.717) is 12.0 Å². The number of hydrogen-bond donors (Lipinski definition) is 8. The number of carboxylic acids is 2. The first-order chi connectivity index (χ1) is 20.5. The highest BCUT2D eigenvalue weighted by Crippen LogP contribution is 2.19. The molecule has 0 fully saturated rings. The van der Waals surface area contributed by atoms with E-state index in [1.54, 1.807) is 24.3 Å². The molecule has 3 aromatic rings. The molecule has 2 aromatic carbocycles. The van der Waals surface area contributed by atoms with E-state index in [0.717, 1.165) is 10.2 Å². The van der Waals surface area contributed by atoms with Gasteiger partial charge in [-0.05, 0) is 42.5 Å². The molecule has 2 atom stereocenters. The summed E-state index contributed by atoms with van der Waals surface area (Å²) in [6.45, 7) is 0.306. The maximum Gasteiger partial charge on any atom is 0.350 e. The topological polar surface area (TPSA) is 248 Å². The molecule has 0 saturated heterocycles. The Kier molecular flexibility index (Phi) is 11.1. The molecule has 0 aliphatic rings. The number of phenolic OH excluding ortho intramolecular Hbond substituents is 1. The first kappa shape index (κ1) is 32.0. The number of carbonyl (C=O) groups excluding carboxylic acids is 1. The zero-order valence-corrected chi connectivity index (χ0v) is 23.2. The number of phenols is 1. The number of hydrogen-bond acceptors (Lipinski definition) is 8. The van der Waals surface area contributed by atoms with Crippen molar-refractivity contribution in [3.8, 4) is 11.6 Å². The van der Waals surface area contributed by atoms with Gasteiger partial charge in [0.05, 0.1) is 12.2 Å². The van der Waals surface area contributed by atoms with Crippen LogP contribution in [0.3, 0.4) is 0 Å². The minimum absolute atomic E-state index is 0.0161. The van der Waals surface area contributed by atoms with E-state index < -0.39 is 47.9 Å². The minimum atomic E-state index is -1.41. The van der Waals surface area contributed by atoms with Crippen LogP contribution in [0.2, 0.25) is 0 Å². The predicted octanol–water partition coefficient (Wildman–Crippen LogP) is -0.0957. The van der Waals surface area contributed by atoms with Gasteiger partial charge in [-0.1, -0.05) is 42.5 Å². The SMILES string of the molecule is NC(N)=NCCCc1c(O)n(N[C@H](CCC(=O)O)C(=O)N[C@@H](Cc2ccc(O)cc2)C(=O)O)c(=O)n1Cc1ccccc1. The number of carbonyl (C=O) groups is 3. The van der Waals surface area contributed by atoms with Gasteiger partial charge in [0.1, 0.15) is 17.8 Å². The number of aromatic nitrogens is 2. The van der Waals surface area contributed by atoms with Gasteiger partial charge in [-0.15, -0.1) is 0 Å². The average Bonchev–Trinajstić information content (AvgIpc) is 3.17. The highest BCUT2D eigenvalue weighted by atomic mass is 16.4. The third-order valence-electron chi connectivity index (χ3n) is 6.51. The van der Waals surface area contributed by atoms with Crippen LogP contribution in [0.4, 0.5) is 0 Å². The molecular weight excluding hydrogens is 562 g/mol. The van der Waals surface area contributed by atoms with Gasteiger partial charge >= 0.3 is 17.6 Å². The molecule has 230 valence electrons. The van der Waals surface area contributed by atoms with Crippen molar-refractivity contribution < 1.29 is 34.8 Å². The molecule has 3 rings (SSSR count). The summed E-state index contributed by atoms with van der Waals surface area (Å²) in [6, 6.07) is 11.9. The fraction of sp³-hybridized carbons (Fsp3) is 0.321. The highest BCUT2D eigenvalue weighted by Gasteiger charge is 2.29. The molecule has 0 spiro atoms. The third-order valence-corrected chi connectivity index (χ3v) is 6.51. The van der Waals surface area contributed by atoms with Crippen LogP contribution in [-0.4, -0.2) is 72.1 Å². The van der Waals surface area contributed by atoms with Crippen molar-refractivity contribution in [3.05, 3.63) is 81.9 Å². The second-order valence-corrected chi connectivity index (χ2v) is 9.75. The van der Waals surface area contributed by atoms with Gasteiger partial charge in [-0.2, -0.15) is 4.68 Å². The Bertz CT molecular complexity index is 1500. The van der Waals surface area contributed by atoms with Crippen LogP contribution in [0.1, 0.15) is 36.1 Å². The molecule has 0 radical (unpaired) electrons. The van der Waals surface area contributed by atoms with Crippen molar-refractivity contribution in [2.75, 3.05) is 12.0 Å². The van der Waals surface area contributed by atoms with Gasteiger partial charge < -0.3 is 42.6 Å². The number of aliphatic carboxylic acids is 2. The van der Waals surface area contributed by atoms with E-state index in [2.05, 4.69) is 15.7 Å². The second kappa shape index (κ2) is 15.0. The summed E-state index contributed by atoms with van der Waals surface area (Å²) < 4.78 is 2.06. The number of benzene rings is 2. The van der Waals surface area contributed by atoms with E-state index >= 15 is 0 Å². The zero-order valence-electron chi connectivity index (χ0n) is 23.2. The number of carboxylic acid groups (broad SMARTS) is 2. The Balaban J connectivity index is 1.91. The lowest BCUT2D eigenvalue weighted by Gasteiger charge is -2.22. The van der Waals surface area contributed by atoms with E-state index in [-0.39, 0.29) is 49.8 Å². The Hall–Kier alpha value is -5.47. The fourth-order valence-electron chi connectivity index (χ4n) is 4.34. The number of aromatic hydroxyl groups is 2. The minimum Gasteiger partial charge on any atom is -0.508 e. The van der Waals surface area contributed by atoms with Crippen LogP contribution in [0.25, 0.3) is 0 Å². The monoisotopic (exact) mass is 597 g/mol. The summed E-state index contributed by atoms with van der Waals surface area (Å²) in [5.74, 6) is -4.10. The lowest BCUT2D eigenvalue weighted by molar-refractivity contribution is -0.142. The maximum atomic E-state index is 13.5.